The van der Waals surface area contributed by atoms with Gasteiger partial charge in [0.1, 0.15) is 7.05 Å². The first-order valence-electron chi connectivity index (χ1n) is 8.75. The standard InChI is InChI=1S/C22H23N2O/c1-13(2)18-10-9-17-16-8-7-15(4)20(21(16)25-22(17)23-18)19-11-6-14(3)12-24(19)5/h6-13H,1-5H3/q+1. The highest BCUT2D eigenvalue weighted by Crippen LogP contribution is 2.36. The molecule has 126 valence electrons. The number of pyridine rings is 2. The Morgan fingerprint density at radius 2 is 1.72 bits per heavy atom. The van der Waals surface area contributed by atoms with E-state index in [-0.39, 0.29) is 0 Å². The molecule has 0 radical (unpaired) electrons. The van der Waals surface area contributed by atoms with Crippen LogP contribution in [0.5, 0.6) is 0 Å². The molecule has 0 aliphatic heterocycles. The molecular weight excluding hydrogens is 308 g/mol. The molecule has 0 aliphatic rings. The molecule has 0 saturated carbocycles. The predicted octanol–water partition coefficient (Wildman–Crippen LogP) is 5.21. The van der Waals surface area contributed by atoms with Gasteiger partial charge in [0.05, 0.1) is 5.56 Å². The monoisotopic (exact) mass is 331 g/mol. The van der Waals surface area contributed by atoms with Crippen molar-refractivity contribution in [1.29, 1.82) is 0 Å². The maximum Gasteiger partial charge on any atom is 0.227 e. The average molecular weight is 331 g/mol. The van der Waals surface area contributed by atoms with Crippen molar-refractivity contribution >= 4 is 22.1 Å². The molecule has 3 heterocycles. The van der Waals surface area contributed by atoms with E-state index in [2.05, 4.69) is 81.9 Å². The van der Waals surface area contributed by atoms with Crippen LogP contribution in [0.1, 0.15) is 36.6 Å². The molecule has 3 heteroatoms. The summed E-state index contributed by atoms with van der Waals surface area (Å²) in [7, 11) is 2.08. The van der Waals surface area contributed by atoms with E-state index in [1.807, 2.05) is 0 Å². The third-order valence-corrected chi connectivity index (χ3v) is 4.87. The molecule has 0 unspecified atom stereocenters. The van der Waals surface area contributed by atoms with E-state index < -0.39 is 0 Å². The minimum absolute atomic E-state index is 0.383. The Morgan fingerprint density at radius 3 is 2.44 bits per heavy atom. The first-order valence-corrected chi connectivity index (χ1v) is 8.75. The molecule has 0 saturated heterocycles. The molecule has 4 aromatic rings. The summed E-state index contributed by atoms with van der Waals surface area (Å²) < 4.78 is 8.43. The molecular formula is C22H23N2O+. The molecule has 3 aromatic heterocycles. The minimum Gasteiger partial charge on any atom is -0.437 e. The van der Waals surface area contributed by atoms with Gasteiger partial charge in [0.25, 0.3) is 0 Å². The first kappa shape index (κ1) is 15.8. The van der Waals surface area contributed by atoms with Gasteiger partial charge < -0.3 is 4.42 Å². The smallest absolute Gasteiger partial charge is 0.227 e. The third-order valence-electron chi connectivity index (χ3n) is 4.87. The molecule has 0 fully saturated rings. The van der Waals surface area contributed by atoms with Crippen molar-refractivity contribution in [2.45, 2.75) is 33.6 Å². The average Bonchev–Trinajstić information content (AvgIpc) is 2.93. The van der Waals surface area contributed by atoms with Crippen LogP contribution >= 0.6 is 0 Å². The Labute approximate surface area is 147 Å². The number of furan rings is 1. The van der Waals surface area contributed by atoms with Gasteiger partial charge in [-0.15, -0.1) is 0 Å². The predicted molar refractivity (Wildman–Crippen MR) is 102 cm³/mol. The number of benzene rings is 1. The number of aryl methyl sites for hydroxylation is 3. The van der Waals surface area contributed by atoms with Crippen molar-refractivity contribution in [3.8, 4) is 11.3 Å². The van der Waals surface area contributed by atoms with Crippen LogP contribution in [0.15, 0.2) is 47.0 Å². The summed E-state index contributed by atoms with van der Waals surface area (Å²) in [6, 6.07) is 12.9. The summed E-state index contributed by atoms with van der Waals surface area (Å²) in [5.74, 6) is 0.383. The summed E-state index contributed by atoms with van der Waals surface area (Å²) in [6.07, 6.45) is 2.14. The van der Waals surface area contributed by atoms with Crippen LogP contribution in [0.25, 0.3) is 33.3 Å². The quantitative estimate of drug-likeness (QED) is 0.472. The van der Waals surface area contributed by atoms with Gasteiger partial charge in [0.15, 0.2) is 11.8 Å². The Bertz CT molecular complexity index is 1110. The zero-order valence-corrected chi connectivity index (χ0v) is 15.4. The Morgan fingerprint density at radius 1 is 0.960 bits per heavy atom. The highest BCUT2D eigenvalue weighted by molar-refractivity contribution is 6.08. The summed E-state index contributed by atoms with van der Waals surface area (Å²) in [4.78, 5) is 4.74. The van der Waals surface area contributed by atoms with E-state index in [1.54, 1.807) is 0 Å². The van der Waals surface area contributed by atoms with Gasteiger partial charge in [-0.3, -0.25) is 0 Å². The van der Waals surface area contributed by atoms with Crippen LogP contribution in [0.4, 0.5) is 0 Å². The SMILES string of the molecule is Cc1ccc(-c2c(C)ccc3c2oc2nc(C(C)C)ccc23)[n+](C)c1. The van der Waals surface area contributed by atoms with Crippen molar-refractivity contribution in [2.24, 2.45) is 7.05 Å². The number of nitrogens with zero attached hydrogens (tertiary/aromatic N) is 2. The molecule has 4 rings (SSSR count). The molecule has 1 aromatic carbocycles. The van der Waals surface area contributed by atoms with Crippen molar-refractivity contribution in [3.05, 3.63) is 59.4 Å². The van der Waals surface area contributed by atoms with E-state index in [4.69, 9.17) is 9.40 Å². The molecule has 0 N–H and O–H groups in total. The number of fused-ring (bicyclic) bond motifs is 3. The number of aromatic nitrogens is 2. The maximum absolute atomic E-state index is 6.27. The zero-order valence-electron chi connectivity index (χ0n) is 15.4. The second-order valence-corrected chi connectivity index (χ2v) is 7.18. The van der Waals surface area contributed by atoms with Crippen molar-refractivity contribution in [1.82, 2.24) is 4.98 Å². The largest absolute Gasteiger partial charge is 0.437 e. The third kappa shape index (κ3) is 2.51. The lowest BCUT2D eigenvalue weighted by Gasteiger charge is -2.05. The van der Waals surface area contributed by atoms with Gasteiger partial charge in [-0.25, -0.2) is 9.55 Å². The van der Waals surface area contributed by atoms with Crippen LogP contribution in [0.3, 0.4) is 0 Å². The molecule has 0 aliphatic carbocycles. The maximum atomic E-state index is 6.27. The number of rotatable bonds is 2. The van der Waals surface area contributed by atoms with Crippen LogP contribution in [0.2, 0.25) is 0 Å². The van der Waals surface area contributed by atoms with Crippen LogP contribution in [-0.4, -0.2) is 4.98 Å². The normalized spacial score (nSPS) is 11.8. The lowest BCUT2D eigenvalue weighted by atomic mass is 10.0. The minimum atomic E-state index is 0.383. The van der Waals surface area contributed by atoms with Crippen LogP contribution in [-0.2, 0) is 7.05 Å². The van der Waals surface area contributed by atoms with E-state index in [9.17, 15) is 0 Å². The molecule has 3 nitrogen and oxygen atoms in total. The van der Waals surface area contributed by atoms with Crippen molar-refractivity contribution in [2.75, 3.05) is 0 Å². The topological polar surface area (TPSA) is 29.9 Å². The highest BCUT2D eigenvalue weighted by atomic mass is 16.3. The van der Waals surface area contributed by atoms with Crippen LogP contribution < -0.4 is 4.57 Å². The fourth-order valence-electron chi connectivity index (χ4n) is 3.48. The summed E-state index contributed by atoms with van der Waals surface area (Å²) in [5.41, 5.74) is 7.44. The first-order chi connectivity index (χ1) is 12.0. The van der Waals surface area contributed by atoms with E-state index >= 15 is 0 Å². The van der Waals surface area contributed by atoms with E-state index in [0.29, 0.717) is 5.92 Å². The van der Waals surface area contributed by atoms with Gasteiger partial charge in [0, 0.05) is 28.1 Å². The van der Waals surface area contributed by atoms with Crippen LogP contribution in [0, 0.1) is 13.8 Å². The van der Waals surface area contributed by atoms with Crippen molar-refractivity contribution < 1.29 is 8.98 Å². The van der Waals surface area contributed by atoms with Gasteiger partial charge in [-0.2, -0.15) is 0 Å². The lowest BCUT2D eigenvalue weighted by Crippen LogP contribution is -2.31. The second kappa shape index (κ2) is 5.69. The van der Waals surface area contributed by atoms with E-state index in [1.165, 1.54) is 11.1 Å². The number of hydrogen-bond acceptors (Lipinski definition) is 2. The zero-order chi connectivity index (χ0) is 17.7. The summed E-state index contributed by atoms with van der Waals surface area (Å²) in [6.45, 7) is 8.54. The second-order valence-electron chi connectivity index (χ2n) is 7.18. The van der Waals surface area contributed by atoms with Gasteiger partial charge in [-0.1, -0.05) is 26.0 Å². The van der Waals surface area contributed by atoms with Crippen molar-refractivity contribution in [3.63, 3.8) is 0 Å². The molecule has 25 heavy (non-hydrogen) atoms. The Kier molecular flexibility index (Phi) is 3.60. The van der Waals surface area contributed by atoms with E-state index in [0.717, 1.165) is 39.0 Å². The molecule has 0 spiro atoms. The van der Waals surface area contributed by atoms with Gasteiger partial charge >= 0.3 is 0 Å². The highest BCUT2D eigenvalue weighted by Gasteiger charge is 2.21. The lowest BCUT2D eigenvalue weighted by molar-refractivity contribution is -0.660. The molecule has 0 amide bonds. The van der Waals surface area contributed by atoms with Gasteiger partial charge in [-0.05, 0) is 43.5 Å². The van der Waals surface area contributed by atoms with Gasteiger partial charge in [0.2, 0.25) is 11.4 Å². The molecule has 0 atom stereocenters. The fourth-order valence-corrected chi connectivity index (χ4v) is 3.48. The molecule has 0 bridgehead atoms. The summed E-state index contributed by atoms with van der Waals surface area (Å²) in [5, 5.41) is 2.20. The fraction of sp³-hybridized carbons (Fsp3) is 0.273. The summed E-state index contributed by atoms with van der Waals surface area (Å²) >= 11 is 0. The Balaban J connectivity index is 2.07. The number of hydrogen-bond donors (Lipinski definition) is 0. The Hall–Kier alpha value is -2.68.